The number of aliphatic hydroxyl groups is 1. The van der Waals surface area contributed by atoms with E-state index >= 15 is 0 Å². The highest BCUT2D eigenvalue weighted by Gasteiger charge is 2.32. The molecule has 0 bridgehead atoms. The van der Waals surface area contributed by atoms with E-state index < -0.39 is 0 Å². The van der Waals surface area contributed by atoms with Crippen LogP contribution in [0.3, 0.4) is 0 Å². The number of halogens is 1. The molecule has 5 nitrogen and oxygen atoms in total. The SMILES string of the molecule is Cc1nn(-c2ccccc2)c(Cl)c1COc1ccc(CNC2(CO)CCCC2)cc1. The van der Waals surface area contributed by atoms with Gasteiger partial charge in [0.15, 0.2) is 0 Å². The summed E-state index contributed by atoms with van der Waals surface area (Å²) in [7, 11) is 0. The van der Waals surface area contributed by atoms with Crippen LogP contribution in [0, 0.1) is 6.92 Å². The standard InChI is InChI=1S/C24H28ClN3O2/c1-18-22(23(25)28(27-18)20-7-3-2-4-8-20)16-30-21-11-9-19(10-12-21)15-26-24(17-29)13-5-6-14-24/h2-4,7-12,26,29H,5-6,13-17H2,1H3. The summed E-state index contributed by atoms with van der Waals surface area (Å²) in [5, 5.41) is 18.4. The van der Waals surface area contributed by atoms with Gasteiger partial charge in [0.1, 0.15) is 17.5 Å². The summed E-state index contributed by atoms with van der Waals surface area (Å²) in [4.78, 5) is 0. The molecule has 1 heterocycles. The van der Waals surface area contributed by atoms with Gasteiger partial charge in [0.05, 0.1) is 18.0 Å². The lowest BCUT2D eigenvalue weighted by molar-refractivity contribution is 0.163. The monoisotopic (exact) mass is 425 g/mol. The molecule has 3 aromatic rings. The average molecular weight is 426 g/mol. The van der Waals surface area contributed by atoms with Crippen LogP contribution in [-0.4, -0.2) is 27.0 Å². The Labute approximate surface area is 182 Å². The van der Waals surface area contributed by atoms with E-state index in [0.29, 0.717) is 11.8 Å². The maximum Gasteiger partial charge on any atom is 0.139 e. The molecule has 0 amide bonds. The van der Waals surface area contributed by atoms with Crippen LogP contribution >= 0.6 is 11.6 Å². The second-order valence-electron chi connectivity index (χ2n) is 8.03. The molecule has 0 unspecified atom stereocenters. The number of hydrogen-bond donors (Lipinski definition) is 2. The zero-order valence-electron chi connectivity index (χ0n) is 17.3. The largest absolute Gasteiger partial charge is 0.489 e. The van der Waals surface area contributed by atoms with Crippen LogP contribution in [-0.2, 0) is 13.2 Å². The predicted octanol–water partition coefficient (Wildman–Crippen LogP) is 4.81. The molecule has 1 aliphatic rings. The first-order valence-corrected chi connectivity index (χ1v) is 10.9. The third-order valence-corrected chi connectivity index (χ3v) is 6.35. The van der Waals surface area contributed by atoms with Crippen LogP contribution in [0.5, 0.6) is 5.75 Å². The summed E-state index contributed by atoms with van der Waals surface area (Å²) in [5.41, 5.74) is 3.74. The quantitative estimate of drug-likeness (QED) is 0.543. The van der Waals surface area contributed by atoms with E-state index in [2.05, 4.69) is 22.5 Å². The minimum absolute atomic E-state index is 0.109. The fraction of sp³-hybridized carbons (Fsp3) is 0.375. The topological polar surface area (TPSA) is 59.3 Å². The molecule has 0 saturated heterocycles. The van der Waals surface area contributed by atoms with Gasteiger partial charge in [0, 0.05) is 17.6 Å². The second-order valence-corrected chi connectivity index (χ2v) is 8.39. The van der Waals surface area contributed by atoms with E-state index in [0.717, 1.165) is 42.1 Å². The van der Waals surface area contributed by atoms with Crippen LogP contribution in [0.4, 0.5) is 0 Å². The molecule has 1 saturated carbocycles. The Bertz CT molecular complexity index is 964. The Morgan fingerprint density at radius 3 is 2.47 bits per heavy atom. The fourth-order valence-electron chi connectivity index (χ4n) is 4.03. The highest BCUT2D eigenvalue weighted by molar-refractivity contribution is 6.30. The minimum Gasteiger partial charge on any atom is -0.489 e. The lowest BCUT2D eigenvalue weighted by Crippen LogP contribution is -2.45. The van der Waals surface area contributed by atoms with Crippen LogP contribution in [0.15, 0.2) is 54.6 Å². The van der Waals surface area contributed by atoms with Gasteiger partial charge in [0.2, 0.25) is 0 Å². The number of para-hydroxylation sites is 1. The van der Waals surface area contributed by atoms with Gasteiger partial charge >= 0.3 is 0 Å². The van der Waals surface area contributed by atoms with Crippen LogP contribution in [0.2, 0.25) is 5.15 Å². The highest BCUT2D eigenvalue weighted by atomic mass is 35.5. The van der Waals surface area contributed by atoms with Crippen molar-refractivity contribution in [2.24, 2.45) is 0 Å². The summed E-state index contributed by atoms with van der Waals surface area (Å²) in [5.74, 6) is 0.791. The molecule has 0 radical (unpaired) electrons. The van der Waals surface area contributed by atoms with Gasteiger partial charge in [-0.1, -0.05) is 54.8 Å². The van der Waals surface area contributed by atoms with Crippen LogP contribution in [0.1, 0.15) is 42.5 Å². The first-order valence-electron chi connectivity index (χ1n) is 10.5. The molecule has 0 atom stereocenters. The minimum atomic E-state index is -0.109. The molecular weight excluding hydrogens is 398 g/mol. The molecule has 6 heteroatoms. The number of nitrogens with one attached hydrogen (secondary N) is 1. The Kier molecular flexibility index (Phi) is 6.42. The summed E-state index contributed by atoms with van der Waals surface area (Å²) >= 11 is 6.58. The Balaban J connectivity index is 1.37. The molecule has 2 aromatic carbocycles. The molecule has 0 aliphatic heterocycles. The number of aliphatic hydroxyl groups excluding tert-OH is 1. The zero-order chi connectivity index (χ0) is 21.0. The molecule has 0 spiro atoms. The van der Waals surface area contributed by atoms with Crippen molar-refractivity contribution >= 4 is 11.6 Å². The number of rotatable bonds is 8. The normalized spacial score (nSPS) is 15.4. The Morgan fingerprint density at radius 2 is 1.80 bits per heavy atom. The van der Waals surface area contributed by atoms with Crippen molar-refractivity contribution in [3.63, 3.8) is 0 Å². The van der Waals surface area contributed by atoms with Crippen molar-refractivity contribution < 1.29 is 9.84 Å². The van der Waals surface area contributed by atoms with Crippen LogP contribution in [0.25, 0.3) is 5.69 Å². The van der Waals surface area contributed by atoms with E-state index in [1.807, 2.05) is 49.4 Å². The third-order valence-electron chi connectivity index (χ3n) is 5.96. The van der Waals surface area contributed by atoms with Crippen molar-refractivity contribution in [2.75, 3.05) is 6.61 Å². The van der Waals surface area contributed by atoms with E-state index in [9.17, 15) is 5.11 Å². The van der Waals surface area contributed by atoms with Crippen molar-refractivity contribution in [1.29, 1.82) is 0 Å². The van der Waals surface area contributed by atoms with Gasteiger partial charge in [-0.15, -0.1) is 0 Å². The first-order chi connectivity index (χ1) is 14.6. The molecular formula is C24H28ClN3O2. The molecule has 158 valence electrons. The first kappa shape index (κ1) is 20.9. The number of hydrogen-bond acceptors (Lipinski definition) is 4. The Morgan fingerprint density at radius 1 is 1.10 bits per heavy atom. The molecule has 1 aliphatic carbocycles. The molecule has 30 heavy (non-hydrogen) atoms. The van der Waals surface area contributed by atoms with Crippen molar-refractivity contribution in [3.8, 4) is 11.4 Å². The van der Waals surface area contributed by atoms with Crippen molar-refractivity contribution in [1.82, 2.24) is 15.1 Å². The Hall–Kier alpha value is -2.34. The van der Waals surface area contributed by atoms with Gasteiger partial charge < -0.3 is 15.2 Å². The van der Waals surface area contributed by atoms with Crippen molar-refractivity contribution in [2.45, 2.75) is 51.3 Å². The summed E-state index contributed by atoms with van der Waals surface area (Å²) in [6.45, 7) is 3.25. The van der Waals surface area contributed by atoms with E-state index in [1.54, 1.807) is 4.68 Å². The van der Waals surface area contributed by atoms with E-state index in [4.69, 9.17) is 16.3 Å². The number of benzene rings is 2. The third kappa shape index (κ3) is 4.53. The summed E-state index contributed by atoms with van der Waals surface area (Å²) < 4.78 is 7.72. The number of aryl methyl sites for hydroxylation is 1. The fourth-order valence-corrected chi connectivity index (χ4v) is 4.35. The van der Waals surface area contributed by atoms with Crippen LogP contribution < -0.4 is 10.1 Å². The lowest BCUT2D eigenvalue weighted by Gasteiger charge is -2.28. The maximum atomic E-state index is 9.74. The van der Waals surface area contributed by atoms with Gasteiger partial charge in [-0.25, -0.2) is 4.68 Å². The molecule has 1 aromatic heterocycles. The smallest absolute Gasteiger partial charge is 0.139 e. The molecule has 4 rings (SSSR count). The number of aromatic nitrogens is 2. The van der Waals surface area contributed by atoms with Gasteiger partial charge in [-0.05, 0) is 49.6 Å². The summed E-state index contributed by atoms with van der Waals surface area (Å²) in [6.07, 6.45) is 4.45. The zero-order valence-corrected chi connectivity index (χ0v) is 18.0. The molecule has 1 fully saturated rings. The van der Waals surface area contributed by atoms with E-state index in [1.165, 1.54) is 18.4 Å². The van der Waals surface area contributed by atoms with Gasteiger partial charge in [0.25, 0.3) is 0 Å². The van der Waals surface area contributed by atoms with Crippen molar-refractivity contribution in [3.05, 3.63) is 76.6 Å². The van der Waals surface area contributed by atoms with Gasteiger partial charge in [-0.3, -0.25) is 0 Å². The average Bonchev–Trinajstić information content (AvgIpc) is 3.37. The van der Waals surface area contributed by atoms with Gasteiger partial charge in [-0.2, -0.15) is 5.10 Å². The lowest BCUT2D eigenvalue weighted by atomic mass is 9.98. The number of ether oxygens (including phenoxy) is 1. The molecule has 2 N–H and O–H groups in total. The maximum absolute atomic E-state index is 9.74. The summed E-state index contributed by atoms with van der Waals surface area (Å²) in [6, 6.07) is 17.9. The predicted molar refractivity (Wildman–Crippen MR) is 119 cm³/mol. The second kappa shape index (κ2) is 9.21. The van der Waals surface area contributed by atoms with E-state index in [-0.39, 0.29) is 12.1 Å². The highest BCUT2D eigenvalue weighted by Crippen LogP contribution is 2.30. The number of nitrogens with zero attached hydrogens (tertiary/aromatic N) is 2.